The highest BCUT2D eigenvalue weighted by atomic mass is 16.3. The number of hydrogen-bond donors (Lipinski definition) is 1. The topological polar surface area (TPSA) is 71.2 Å². The van der Waals surface area contributed by atoms with Crippen LogP contribution in [0.3, 0.4) is 0 Å². The molecule has 24 heavy (non-hydrogen) atoms. The first kappa shape index (κ1) is 16.6. The van der Waals surface area contributed by atoms with Gasteiger partial charge in [0, 0.05) is 19.7 Å². The van der Waals surface area contributed by atoms with Gasteiger partial charge in [0.05, 0.1) is 12.7 Å². The maximum absolute atomic E-state index is 12.6. The van der Waals surface area contributed by atoms with Crippen molar-refractivity contribution in [2.45, 2.75) is 38.3 Å². The lowest BCUT2D eigenvalue weighted by molar-refractivity contribution is 0.0647. The van der Waals surface area contributed by atoms with E-state index in [0.717, 1.165) is 31.2 Å². The monoisotopic (exact) mass is 328 g/mol. The molecule has 0 saturated heterocycles. The fourth-order valence-corrected chi connectivity index (χ4v) is 3.31. The highest BCUT2D eigenvalue weighted by molar-refractivity contribution is 5.91. The molecule has 1 aliphatic carbocycles. The summed E-state index contributed by atoms with van der Waals surface area (Å²) < 4.78 is 1.69. The smallest absolute Gasteiger partial charge is 0.276 e. The third-order valence-electron chi connectivity index (χ3n) is 4.89. The fraction of sp³-hybridized carbons (Fsp3) is 0.500. The molecule has 1 N–H and O–H groups in total. The maximum atomic E-state index is 12.6. The second-order valence-electron chi connectivity index (χ2n) is 6.56. The molecule has 1 saturated carbocycles. The maximum Gasteiger partial charge on any atom is 0.276 e. The molecule has 6 heteroatoms. The predicted molar refractivity (Wildman–Crippen MR) is 90.5 cm³/mol. The van der Waals surface area contributed by atoms with E-state index in [-0.39, 0.29) is 18.6 Å². The molecule has 0 aliphatic heterocycles. The van der Waals surface area contributed by atoms with Crippen molar-refractivity contribution in [1.82, 2.24) is 19.9 Å². The number of aliphatic hydroxyl groups excluding tert-OH is 1. The Morgan fingerprint density at radius 1 is 1.25 bits per heavy atom. The quantitative estimate of drug-likeness (QED) is 0.911. The second kappa shape index (κ2) is 7.57. The molecule has 1 amide bonds. The minimum Gasteiger partial charge on any atom is -0.396 e. The van der Waals surface area contributed by atoms with Crippen LogP contribution < -0.4 is 0 Å². The Balaban J connectivity index is 1.61. The Labute approximate surface area is 142 Å². The minimum absolute atomic E-state index is 0.0817. The highest BCUT2D eigenvalue weighted by Crippen LogP contribution is 2.27. The molecule has 1 aromatic carbocycles. The molecule has 6 nitrogen and oxygen atoms in total. The van der Waals surface area contributed by atoms with E-state index in [1.165, 1.54) is 0 Å². The lowest BCUT2D eigenvalue weighted by Gasteiger charge is -2.33. The number of rotatable bonds is 5. The van der Waals surface area contributed by atoms with Crippen LogP contribution in [0, 0.1) is 5.92 Å². The van der Waals surface area contributed by atoms with Crippen molar-refractivity contribution in [1.29, 1.82) is 0 Å². The Morgan fingerprint density at radius 2 is 1.96 bits per heavy atom. The summed E-state index contributed by atoms with van der Waals surface area (Å²) in [5.74, 6) is 0.304. The van der Waals surface area contributed by atoms with Crippen LogP contribution in [0.25, 0.3) is 0 Å². The van der Waals surface area contributed by atoms with E-state index in [1.54, 1.807) is 15.8 Å². The van der Waals surface area contributed by atoms with E-state index in [2.05, 4.69) is 10.3 Å². The molecule has 0 atom stereocenters. The average molecular weight is 328 g/mol. The second-order valence-corrected chi connectivity index (χ2v) is 6.56. The molecule has 0 unspecified atom stereocenters. The molecular weight excluding hydrogens is 304 g/mol. The summed E-state index contributed by atoms with van der Waals surface area (Å²) in [6.45, 7) is 0.852. The van der Waals surface area contributed by atoms with Crippen molar-refractivity contribution < 1.29 is 9.90 Å². The molecule has 0 spiro atoms. The summed E-state index contributed by atoms with van der Waals surface area (Å²) in [4.78, 5) is 14.4. The van der Waals surface area contributed by atoms with Crippen molar-refractivity contribution in [3.05, 3.63) is 47.8 Å². The lowest BCUT2D eigenvalue weighted by Crippen LogP contribution is -2.40. The third kappa shape index (κ3) is 3.82. The van der Waals surface area contributed by atoms with Gasteiger partial charge in [-0.3, -0.25) is 4.79 Å². The molecule has 2 aromatic rings. The summed E-state index contributed by atoms with van der Waals surface area (Å²) in [6.07, 6.45) is 5.53. The zero-order valence-electron chi connectivity index (χ0n) is 14.0. The van der Waals surface area contributed by atoms with Gasteiger partial charge in [-0.05, 0) is 37.2 Å². The van der Waals surface area contributed by atoms with E-state index in [1.807, 2.05) is 37.4 Å². The van der Waals surface area contributed by atoms with E-state index in [4.69, 9.17) is 0 Å². The first-order valence-electron chi connectivity index (χ1n) is 8.49. The number of carbonyl (C=O) groups is 1. The van der Waals surface area contributed by atoms with Crippen molar-refractivity contribution in [3.63, 3.8) is 0 Å². The van der Waals surface area contributed by atoms with Gasteiger partial charge in [0.25, 0.3) is 5.91 Å². The van der Waals surface area contributed by atoms with Gasteiger partial charge in [0.15, 0.2) is 5.69 Å². The number of benzene rings is 1. The van der Waals surface area contributed by atoms with Crippen molar-refractivity contribution in [2.24, 2.45) is 5.92 Å². The minimum atomic E-state index is -0.0817. The van der Waals surface area contributed by atoms with Crippen LogP contribution in [0.1, 0.15) is 41.7 Å². The molecule has 1 heterocycles. The van der Waals surface area contributed by atoms with Gasteiger partial charge in [-0.15, -0.1) is 5.10 Å². The summed E-state index contributed by atoms with van der Waals surface area (Å²) in [6, 6.07) is 10.2. The van der Waals surface area contributed by atoms with Crippen molar-refractivity contribution in [3.8, 4) is 0 Å². The third-order valence-corrected chi connectivity index (χ3v) is 4.89. The van der Waals surface area contributed by atoms with Gasteiger partial charge in [-0.1, -0.05) is 35.5 Å². The molecule has 3 rings (SSSR count). The first-order valence-corrected chi connectivity index (χ1v) is 8.49. The number of amides is 1. The van der Waals surface area contributed by atoms with E-state index < -0.39 is 0 Å². The van der Waals surface area contributed by atoms with Crippen LogP contribution in [0.4, 0.5) is 0 Å². The van der Waals surface area contributed by atoms with E-state index >= 15 is 0 Å². The van der Waals surface area contributed by atoms with Crippen LogP contribution in [-0.2, 0) is 6.54 Å². The van der Waals surface area contributed by atoms with Crippen LogP contribution >= 0.6 is 0 Å². The lowest BCUT2D eigenvalue weighted by atomic mass is 9.86. The number of aromatic nitrogens is 3. The SMILES string of the molecule is CN(C(=O)c1cn(Cc2ccccc2)nn1)C1CCC(CO)CC1. The number of hydrogen-bond acceptors (Lipinski definition) is 4. The summed E-state index contributed by atoms with van der Waals surface area (Å²) in [5.41, 5.74) is 1.51. The zero-order valence-corrected chi connectivity index (χ0v) is 14.0. The Kier molecular flexibility index (Phi) is 5.25. The zero-order chi connectivity index (χ0) is 16.9. The van der Waals surface area contributed by atoms with Crippen LogP contribution in [-0.4, -0.2) is 50.6 Å². The van der Waals surface area contributed by atoms with Gasteiger partial charge in [0.2, 0.25) is 0 Å². The molecule has 0 radical (unpaired) electrons. The summed E-state index contributed by atoms with van der Waals surface area (Å²) in [5, 5.41) is 17.3. The van der Waals surface area contributed by atoms with Crippen molar-refractivity contribution >= 4 is 5.91 Å². The standard InChI is InChI=1S/C18H24N4O2/c1-21(16-9-7-15(13-23)8-10-16)18(24)17-12-22(20-19-17)11-14-5-3-2-4-6-14/h2-6,12,15-16,23H,7-11,13H2,1H3. The Morgan fingerprint density at radius 3 is 2.62 bits per heavy atom. The molecule has 128 valence electrons. The number of nitrogens with zero attached hydrogens (tertiary/aromatic N) is 4. The van der Waals surface area contributed by atoms with Gasteiger partial charge >= 0.3 is 0 Å². The molecule has 1 aliphatic rings. The first-order chi connectivity index (χ1) is 11.7. The normalized spacial score (nSPS) is 20.8. The summed E-state index contributed by atoms with van der Waals surface area (Å²) in [7, 11) is 1.84. The van der Waals surface area contributed by atoms with E-state index in [0.29, 0.717) is 18.2 Å². The Hall–Kier alpha value is -2.21. The Bertz CT molecular complexity index is 663. The molecular formula is C18H24N4O2. The molecule has 1 fully saturated rings. The predicted octanol–water partition coefficient (Wildman–Crippen LogP) is 1.95. The average Bonchev–Trinajstić information content (AvgIpc) is 3.10. The number of aliphatic hydroxyl groups is 1. The van der Waals surface area contributed by atoms with Gasteiger partial charge in [0.1, 0.15) is 0 Å². The summed E-state index contributed by atoms with van der Waals surface area (Å²) >= 11 is 0. The molecule has 1 aromatic heterocycles. The van der Waals surface area contributed by atoms with Crippen molar-refractivity contribution in [2.75, 3.05) is 13.7 Å². The van der Waals surface area contributed by atoms with Crippen LogP contribution in [0.5, 0.6) is 0 Å². The van der Waals surface area contributed by atoms with E-state index in [9.17, 15) is 9.90 Å². The van der Waals surface area contributed by atoms with Gasteiger partial charge < -0.3 is 10.0 Å². The molecule has 0 bridgehead atoms. The largest absolute Gasteiger partial charge is 0.396 e. The number of carbonyl (C=O) groups excluding carboxylic acids is 1. The highest BCUT2D eigenvalue weighted by Gasteiger charge is 2.27. The fourth-order valence-electron chi connectivity index (χ4n) is 3.31. The van der Waals surface area contributed by atoms with Crippen LogP contribution in [0.15, 0.2) is 36.5 Å². The van der Waals surface area contributed by atoms with Gasteiger partial charge in [-0.25, -0.2) is 4.68 Å². The van der Waals surface area contributed by atoms with Crippen LogP contribution in [0.2, 0.25) is 0 Å². The van der Waals surface area contributed by atoms with Gasteiger partial charge in [-0.2, -0.15) is 0 Å².